The summed E-state index contributed by atoms with van der Waals surface area (Å²) in [4.78, 5) is 25.4. The number of amides is 1. The molecular weight excluding hydrogens is 286 g/mol. The number of hydrogen-bond acceptors (Lipinski definition) is 5. The molecule has 2 rings (SSSR count). The first-order valence-corrected chi connectivity index (χ1v) is 7.33. The molecule has 0 saturated carbocycles. The van der Waals surface area contributed by atoms with E-state index in [9.17, 15) is 14.7 Å². The Labute approximate surface area is 129 Å². The van der Waals surface area contributed by atoms with E-state index in [1.807, 2.05) is 30.3 Å². The number of benzene rings is 1. The standard InChI is InChI=1S/C16H21NO5/c1-11(2)22-16(20)17-9-13(18)8-14(17)15(19)21-10-12-6-4-3-5-7-12/h3-7,11,13-14,18H,8-10H2,1-2H3/t13-,14+/m1/s1. The number of β-amino-alcohol motifs (C(OH)–C–C–N with tert-alkyl or cyclic N) is 1. The van der Waals surface area contributed by atoms with E-state index in [1.165, 1.54) is 4.90 Å². The molecule has 1 aromatic carbocycles. The number of carbonyl (C=O) groups is 2. The van der Waals surface area contributed by atoms with Crippen molar-refractivity contribution in [3.63, 3.8) is 0 Å². The molecule has 0 aromatic heterocycles. The van der Waals surface area contributed by atoms with Crippen molar-refractivity contribution in [2.75, 3.05) is 6.54 Å². The zero-order chi connectivity index (χ0) is 16.1. The summed E-state index contributed by atoms with van der Waals surface area (Å²) in [6.45, 7) is 3.68. The van der Waals surface area contributed by atoms with Crippen molar-refractivity contribution in [2.45, 2.75) is 45.1 Å². The highest BCUT2D eigenvalue weighted by Crippen LogP contribution is 2.21. The zero-order valence-electron chi connectivity index (χ0n) is 12.8. The Bertz CT molecular complexity index is 517. The van der Waals surface area contributed by atoms with Gasteiger partial charge < -0.3 is 14.6 Å². The molecular formula is C16H21NO5. The molecule has 6 heteroatoms. The minimum atomic E-state index is -0.801. The van der Waals surface area contributed by atoms with Crippen molar-refractivity contribution in [1.29, 1.82) is 0 Å². The molecule has 120 valence electrons. The van der Waals surface area contributed by atoms with E-state index in [1.54, 1.807) is 13.8 Å². The van der Waals surface area contributed by atoms with Crippen LogP contribution in [-0.2, 0) is 20.9 Å². The molecule has 22 heavy (non-hydrogen) atoms. The molecule has 0 aliphatic carbocycles. The first-order chi connectivity index (χ1) is 10.5. The summed E-state index contributed by atoms with van der Waals surface area (Å²) < 4.78 is 10.3. The molecule has 1 aliphatic heterocycles. The summed E-state index contributed by atoms with van der Waals surface area (Å²) in [6, 6.07) is 8.49. The van der Waals surface area contributed by atoms with Crippen LogP contribution in [0, 0.1) is 0 Å². The van der Waals surface area contributed by atoms with E-state index in [0.717, 1.165) is 5.56 Å². The lowest BCUT2D eigenvalue weighted by Gasteiger charge is -2.23. The lowest BCUT2D eigenvalue weighted by atomic mass is 10.2. The number of hydrogen-bond donors (Lipinski definition) is 1. The van der Waals surface area contributed by atoms with Crippen LogP contribution in [0.4, 0.5) is 4.79 Å². The molecule has 1 heterocycles. The number of rotatable bonds is 4. The quantitative estimate of drug-likeness (QED) is 0.857. The van der Waals surface area contributed by atoms with Crippen molar-refractivity contribution in [2.24, 2.45) is 0 Å². The Balaban J connectivity index is 1.95. The molecule has 1 fully saturated rings. The van der Waals surface area contributed by atoms with Gasteiger partial charge in [-0.1, -0.05) is 30.3 Å². The highest BCUT2D eigenvalue weighted by atomic mass is 16.6. The molecule has 0 bridgehead atoms. The summed E-state index contributed by atoms with van der Waals surface area (Å²) in [6.07, 6.45) is -1.46. The van der Waals surface area contributed by atoms with Crippen LogP contribution in [0.15, 0.2) is 30.3 Å². The van der Waals surface area contributed by atoms with Gasteiger partial charge in [0.15, 0.2) is 0 Å². The molecule has 0 unspecified atom stereocenters. The van der Waals surface area contributed by atoms with Gasteiger partial charge >= 0.3 is 12.1 Å². The number of carbonyl (C=O) groups excluding carboxylic acids is 2. The van der Waals surface area contributed by atoms with Crippen molar-refractivity contribution >= 4 is 12.1 Å². The van der Waals surface area contributed by atoms with Crippen LogP contribution in [0.2, 0.25) is 0 Å². The van der Waals surface area contributed by atoms with Crippen LogP contribution in [-0.4, -0.2) is 46.9 Å². The highest BCUT2D eigenvalue weighted by Gasteiger charge is 2.41. The zero-order valence-corrected chi connectivity index (χ0v) is 12.8. The van der Waals surface area contributed by atoms with Crippen LogP contribution < -0.4 is 0 Å². The predicted octanol–water partition coefficient (Wildman–Crippen LogP) is 1.71. The minimum Gasteiger partial charge on any atom is -0.459 e. The van der Waals surface area contributed by atoms with Gasteiger partial charge in [-0.15, -0.1) is 0 Å². The first kappa shape index (κ1) is 16.3. The smallest absolute Gasteiger partial charge is 0.410 e. The van der Waals surface area contributed by atoms with E-state index in [4.69, 9.17) is 9.47 Å². The fourth-order valence-electron chi connectivity index (χ4n) is 2.33. The fourth-order valence-corrected chi connectivity index (χ4v) is 2.33. The van der Waals surface area contributed by atoms with E-state index in [-0.39, 0.29) is 25.7 Å². The van der Waals surface area contributed by atoms with E-state index >= 15 is 0 Å². The molecule has 1 aromatic rings. The molecule has 1 N–H and O–H groups in total. The summed E-state index contributed by atoms with van der Waals surface area (Å²) in [7, 11) is 0. The van der Waals surface area contributed by atoms with Gasteiger partial charge in [-0.05, 0) is 19.4 Å². The molecule has 1 amide bonds. The third-order valence-corrected chi connectivity index (χ3v) is 3.35. The second kappa shape index (κ2) is 7.26. The van der Waals surface area contributed by atoms with Crippen molar-refractivity contribution in [3.05, 3.63) is 35.9 Å². The molecule has 0 spiro atoms. The highest BCUT2D eigenvalue weighted by molar-refractivity contribution is 5.82. The SMILES string of the molecule is CC(C)OC(=O)N1C[C@H](O)C[C@H]1C(=O)OCc1ccccc1. The lowest BCUT2D eigenvalue weighted by molar-refractivity contribution is -0.150. The van der Waals surface area contributed by atoms with Crippen molar-refractivity contribution in [3.8, 4) is 0 Å². The average molecular weight is 307 g/mol. The largest absolute Gasteiger partial charge is 0.459 e. The van der Waals surface area contributed by atoms with Crippen LogP contribution in [0.1, 0.15) is 25.8 Å². The second-order valence-corrected chi connectivity index (χ2v) is 5.58. The Morgan fingerprint density at radius 3 is 2.64 bits per heavy atom. The maximum absolute atomic E-state index is 12.2. The Morgan fingerprint density at radius 2 is 2.00 bits per heavy atom. The number of nitrogens with zero attached hydrogens (tertiary/aromatic N) is 1. The normalized spacial score (nSPS) is 21.0. The molecule has 1 saturated heterocycles. The maximum Gasteiger partial charge on any atom is 0.410 e. The predicted molar refractivity (Wildman–Crippen MR) is 79.0 cm³/mol. The Morgan fingerprint density at radius 1 is 1.32 bits per heavy atom. The monoisotopic (exact) mass is 307 g/mol. The average Bonchev–Trinajstić information content (AvgIpc) is 2.87. The minimum absolute atomic E-state index is 0.0800. The Hall–Kier alpha value is -2.08. The molecule has 6 nitrogen and oxygen atoms in total. The summed E-state index contributed by atoms with van der Waals surface area (Å²) in [5, 5.41) is 9.73. The number of esters is 1. The number of aliphatic hydroxyl groups is 1. The topological polar surface area (TPSA) is 76.1 Å². The van der Waals surface area contributed by atoms with Crippen LogP contribution in [0.5, 0.6) is 0 Å². The van der Waals surface area contributed by atoms with Gasteiger partial charge in [0.1, 0.15) is 12.6 Å². The van der Waals surface area contributed by atoms with Gasteiger partial charge in [-0.25, -0.2) is 9.59 Å². The van der Waals surface area contributed by atoms with Crippen molar-refractivity contribution in [1.82, 2.24) is 4.90 Å². The fraction of sp³-hybridized carbons (Fsp3) is 0.500. The van der Waals surface area contributed by atoms with Crippen LogP contribution in [0.3, 0.4) is 0 Å². The van der Waals surface area contributed by atoms with Gasteiger partial charge in [0.05, 0.1) is 18.8 Å². The number of ether oxygens (including phenoxy) is 2. The van der Waals surface area contributed by atoms with E-state index in [0.29, 0.717) is 0 Å². The Kier molecular flexibility index (Phi) is 5.38. The first-order valence-electron chi connectivity index (χ1n) is 7.33. The van der Waals surface area contributed by atoms with Crippen molar-refractivity contribution < 1.29 is 24.2 Å². The third-order valence-electron chi connectivity index (χ3n) is 3.35. The van der Waals surface area contributed by atoms with Gasteiger partial charge in [-0.2, -0.15) is 0 Å². The summed E-state index contributed by atoms with van der Waals surface area (Å²) in [5.41, 5.74) is 0.866. The third kappa shape index (κ3) is 4.21. The van der Waals surface area contributed by atoms with Crippen LogP contribution in [0.25, 0.3) is 0 Å². The van der Waals surface area contributed by atoms with Crippen LogP contribution >= 0.6 is 0 Å². The molecule has 0 radical (unpaired) electrons. The molecule has 1 aliphatic rings. The number of aliphatic hydroxyl groups excluding tert-OH is 1. The van der Waals surface area contributed by atoms with Gasteiger partial charge in [-0.3, -0.25) is 4.90 Å². The number of likely N-dealkylation sites (tertiary alicyclic amines) is 1. The summed E-state index contributed by atoms with van der Waals surface area (Å²) in [5.74, 6) is -0.527. The van der Waals surface area contributed by atoms with E-state index < -0.39 is 24.2 Å². The lowest BCUT2D eigenvalue weighted by Crippen LogP contribution is -2.42. The summed E-state index contributed by atoms with van der Waals surface area (Å²) >= 11 is 0. The maximum atomic E-state index is 12.2. The molecule has 2 atom stereocenters. The van der Waals surface area contributed by atoms with Gasteiger partial charge in [0.2, 0.25) is 0 Å². The van der Waals surface area contributed by atoms with E-state index in [2.05, 4.69) is 0 Å². The van der Waals surface area contributed by atoms with Gasteiger partial charge in [0, 0.05) is 6.42 Å². The second-order valence-electron chi connectivity index (χ2n) is 5.58. The van der Waals surface area contributed by atoms with Gasteiger partial charge in [0.25, 0.3) is 0 Å².